The zero-order valence-corrected chi connectivity index (χ0v) is 13.9. The largest absolute Gasteiger partial charge is 0.317 e. The molecule has 1 N–H and O–H groups in total. The summed E-state index contributed by atoms with van der Waals surface area (Å²) in [6.07, 6.45) is 4.05. The van der Waals surface area contributed by atoms with Crippen LogP contribution in [0.4, 0.5) is 0 Å². The van der Waals surface area contributed by atoms with Crippen LogP contribution in [0.5, 0.6) is 0 Å². The van der Waals surface area contributed by atoms with Crippen LogP contribution in [-0.2, 0) is 16.6 Å². The topological polar surface area (TPSA) is 67.2 Å². The maximum Gasteiger partial charge on any atom is 0.246 e. The molecule has 0 aromatic carbocycles. The zero-order valence-electron chi connectivity index (χ0n) is 13.1. The van der Waals surface area contributed by atoms with E-state index < -0.39 is 10.0 Å². The highest BCUT2D eigenvalue weighted by Gasteiger charge is 2.35. The molecule has 0 aliphatic carbocycles. The number of hydrogen-bond acceptors (Lipinski definition) is 4. The molecule has 0 bridgehead atoms. The van der Waals surface area contributed by atoms with Gasteiger partial charge in [-0.1, -0.05) is 20.8 Å². The molecule has 0 spiro atoms. The van der Waals surface area contributed by atoms with Crippen molar-refractivity contribution in [1.29, 1.82) is 0 Å². The maximum atomic E-state index is 12.6. The Labute approximate surface area is 127 Å². The molecular formula is C14H26N4O2S. The Bertz CT molecular complexity index is 545. The fourth-order valence-corrected chi connectivity index (χ4v) is 4.16. The molecule has 2 rings (SSSR count). The zero-order chi connectivity index (χ0) is 15.5. The highest BCUT2D eigenvalue weighted by molar-refractivity contribution is 7.89. The first-order chi connectivity index (χ1) is 9.95. The summed E-state index contributed by atoms with van der Waals surface area (Å²) in [5.74, 6) is 0.824. The van der Waals surface area contributed by atoms with Crippen LogP contribution in [0.15, 0.2) is 17.3 Å². The van der Waals surface area contributed by atoms with Crippen LogP contribution in [0.1, 0.15) is 27.2 Å². The lowest BCUT2D eigenvalue weighted by Gasteiger charge is -2.14. The van der Waals surface area contributed by atoms with Crippen molar-refractivity contribution < 1.29 is 8.42 Å². The Morgan fingerprint density at radius 1 is 1.33 bits per heavy atom. The summed E-state index contributed by atoms with van der Waals surface area (Å²) >= 11 is 0. The Hall–Kier alpha value is -0.920. The van der Waals surface area contributed by atoms with Crippen LogP contribution in [-0.4, -0.2) is 48.7 Å². The molecule has 0 radical (unpaired) electrons. The molecule has 1 aromatic rings. The van der Waals surface area contributed by atoms with Gasteiger partial charge in [-0.15, -0.1) is 0 Å². The average molecular weight is 314 g/mol. The first kappa shape index (κ1) is 16.5. The number of rotatable bonds is 7. The molecule has 0 amide bonds. The van der Waals surface area contributed by atoms with Crippen molar-refractivity contribution in [3.05, 3.63) is 12.4 Å². The van der Waals surface area contributed by atoms with E-state index in [-0.39, 0.29) is 0 Å². The third-order valence-corrected chi connectivity index (χ3v) is 5.98. The molecule has 1 aliphatic rings. The lowest BCUT2D eigenvalue weighted by Crippen LogP contribution is -2.28. The van der Waals surface area contributed by atoms with Gasteiger partial charge in [0.2, 0.25) is 10.0 Å². The van der Waals surface area contributed by atoms with E-state index >= 15 is 0 Å². The van der Waals surface area contributed by atoms with Crippen molar-refractivity contribution in [2.45, 2.75) is 38.6 Å². The van der Waals surface area contributed by atoms with Gasteiger partial charge in [0.1, 0.15) is 4.90 Å². The molecule has 1 saturated heterocycles. The van der Waals surface area contributed by atoms with Crippen LogP contribution in [0, 0.1) is 11.8 Å². The van der Waals surface area contributed by atoms with E-state index in [9.17, 15) is 8.42 Å². The van der Waals surface area contributed by atoms with Gasteiger partial charge in [-0.05, 0) is 31.3 Å². The Kier molecular flexibility index (Phi) is 5.40. The summed E-state index contributed by atoms with van der Waals surface area (Å²) in [4.78, 5) is 0.312. The van der Waals surface area contributed by atoms with Crippen molar-refractivity contribution >= 4 is 10.0 Å². The molecule has 21 heavy (non-hydrogen) atoms. The predicted molar refractivity (Wildman–Crippen MR) is 82.5 cm³/mol. The van der Waals surface area contributed by atoms with Gasteiger partial charge in [0.05, 0.1) is 6.20 Å². The van der Waals surface area contributed by atoms with E-state index in [0.717, 1.165) is 26.1 Å². The molecule has 1 aromatic heterocycles. The molecule has 120 valence electrons. The van der Waals surface area contributed by atoms with Crippen molar-refractivity contribution in [3.63, 3.8) is 0 Å². The van der Waals surface area contributed by atoms with Crippen LogP contribution in [0.2, 0.25) is 0 Å². The van der Waals surface area contributed by atoms with E-state index in [0.29, 0.717) is 29.8 Å². The molecule has 6 nitrogen and oxygen atoms in total. The number of aromatic nitrogens is 2. The van der Waals surface area contributed by atoms with E-state index in [2.05, 4.69) is 31.2 Å². The van der Waals surface area contributed by atoms with Gasteiger partial charge in [-0.2, -0.15) is 9.40 Å². The second-order valence-corrected chi connectivity index (χ2v) is 7.86. The highest BCUT2D eigenvalue weighted by atomic mass is 32.2. The number of nitrogens with zero attached hydrogens (tertiary/aromatic N) is 3. The SMILES string of the molecule is CCNCCCn1cc(S(=O)(=O)N2CC(C)C(C)C2)cn1. The van der Waals surface area contributed by atoms with Crippen molar-refractivity contribution in [2.75, 3.05) is 26.2 Å². The minimum atomic E-state index is -3.38. The van der Waals surface area contributed by atoms with E-state index in [1.807, 2.05) is 0 Å². The highest BCUT2D eigenvalue weighted by Crippen LogP contribution is 2.27. The number of hydrogen-bond donors (Lipinski definition) is 1. The van der Waals surface area contributed by atoms with Gasteiger partial charge in [-0.25, -0.2) is 8.42 Å². The van der Waals surface area contributed by atoms with E-state index in [1.54, 1.807) is 15.2 Å². The minimum Gasteiger partial charge on any atom is -0.317 e. The Balaban J connectivity index is 1.99. The summed E-state index contributed by atoms with van der Waals surface area (Å²) in [7, 11) is -3.38. The van der Waals surface area contributed by atoms with Crippen LogP contribution < -0.4 is 5.32 Å². The summed E-state index contributed by atoms with van der Waals surface area (Å²) in [5, 5.41) is 7.42. The summed E-state index contributed by atoms with van der Waals surface area (Å²) in [5.41, 5.74) is 0. The second-order valence-electron chi connectivity index (χ2n) is 5.92. The second kappa shape index (κ2) is 6.89. The number of nitrogens with one attached hydrogen (secondary N) is 1. The molecule has 2 heterocycles. The molecule has 1 fully saturated rings. The quantitative estimate of drug-likeness (QED) is 0.767. The van der Waals surface area contributed by atoms with Gasteiger partial charge >= 0.3 is 0 Å². The lowest BCUT2D eigenvalue weighted by molar-refractivity contribution is 0.463. The Morgan fingerprint density at radius 3 is 2.62 bits per heavy atom. The van der Waals surface area contributed by atoms with Crippen LogP contribution in [0.25, 0.3) is 0 Å². The third kappa shape index (κ3) is 3.84. The first-order valence-corrected chi connectivity index (χ1v) is 9.12. The monoisotopic (exact) mass is 314 g/mol. The van der Waals surface area contributed by atoms with Crippen molar-refractivity contribution in [2.24, 2.45) is 11.8 Å². The van der Waals surface area contributed by atoms with Gasteiger partial charge < -0.3 is 5.32 Å². The lowest BCUT2D eigenvalue weighted by atomic mass is 10.0. The van der Waals surface area contributed by atoms with Crippen molar-refractivity contribution in [1.82, 2.24) is 19.4 Å². The average Bonchev–Trinajstić information content (AvgIpc) is 3.04. The van der Waals surface area contributed by atoms with Gasteiger partial charge in [0, 0.05) is 25.8 Å². The summed E-state index contributed by atoms with van der Waals surface area (Å²) in [6, 6.07) is 0. The molecule has 1 aliphatic heterocycles. The number of sulfonamides is 1. The fraction of sp³-hybridized carbons (Fsp3) is 0.786. The van der Waals surface area contributed by atoms with Gasteiger partial charge in [0.25, 0.3) is 0 Å². The predicted octanol–water partition coefficient (Wildman–Crippen LogP) is 1.16. The normalized spacial score (nSPS) is 23.8. The third-order valence-electron chi connectivity index (χ3n) is 4.19. The Morgan fingerprint density at radius 2 is 2.00 bits per heavy atom. The molecule has 0 saturated carbocycles. The van der Waals surface area contributed by atoms with Crippen LogP contribution >= 0.6 is 0 Å². The van der Waals surface area contributed by atoms with E-state index in [4.69, 9.17) is 0 Å². The number of aryl methyl sites for hydroxylation is 1. The maximum absolute atomic E-state index is 12.6. The molecule has 7 heteroatoms. The van der Waals surface area contributed by atoms with Gasteiger partial charge in [-0.3, -0.25) is 4.68 Å². The first-order valence-electron chi connectivity index (χ1n) is 7.68. The van der Waals surface area contributed by atoms with Crippen LogP contribution in [0.3, 0.4) is 0 Å². The molecular weight excluding hydrogens is 288 g/mol. The fourth-order valence-electron chi connectivity index (χ4n) is 2.57. The summed E-state index contributed by atoms with van der Waals surface area (Å²) in [6.45, 7) is 10.1. The van der Waals surface area contributed by atoms with Crippen molar-refractivity contribution in [3.8, 4) is 0 Å². The molecule has 2 atom stereocenters. The molecule has 2 unspecified atom stereocenters. The smallest absolute Gasteiger partial charge is 0.246 e. The van der Waals surface area contributed by atoms with E-state index in [1.165, 1.54) is 6.20 Å². The standard InChI is InChI=1S/C14H26N4O2S/c1-4-15-6-5-7-17-11-14(8-16-17)21(19,20)18-9-12(2)13(3)10-18/h8,11-13,15H,4-7,9-10H2,1-3H3. The van der Waals surface area contributed by atoms with Gasteiger partial charge in [0.15, 0.2) is 0 Å². The summed E-state index contributed by atoms with van der Waals surface area (Å²) < 4.78 is 28.5. The minimum absolute atomic E-state index is 0.312.